The van der Waals surface area contributed by atoms with Crippen LogP contribution in [0.25, 0.3) is 28.5 Å². The Hall–Kier alpha value is -4.74. The largest absolute Gasteiger partial charge is 0.493 e. The van der Waals surface area contributed by atoms with E-state index in [2.05, 4.69) is 30.5 Å². The third-order valence-electron chi connectivity index (χ3n) is 9.49. The highest BCUT2D eigenvalue weighted by Gasteiger charge is 2.45. The molecule has 0 aliphatic heterocycles. The summed E-state index contributed by atoms with van der Waals surface area (Å²) < 4.78 is 7.84. The summed E-state index contributed by atoms with van der Waals surface area (Å²) in [6.07, 6.45) is 12.6. The Labute approximate surface area is 290 Å². The molecule has 3 amide bonds. The van der Waals surface area contributed by atoms with Crippen molar-refractivity contribution in [1.82, 2.24) is 25.2 Å². The van der Waals surface area contributed by atoms with Crippen LogP contribution in [0.3, 0.4) is 0 Å². The van der Waals surface area contributed by atoms with Gasteiger partial charge in [0.15, 0.2) is 5.82 Å². The maximum Gasteiger partial charge on any atom is 0.252 e. The molecule has 4 N–H and O–H groups in total. The van der Waals surface area contributed by atoms with E-state index in [0.29, 0.717) is 58.8 Å². The Morgan fingerprint density at radius 1 is 1.08 bits per heavy atom. The van der Waals surface area contributed by atoms with Crippen molar-refractivity contribution in [3.05, 3.63) is 76.6 Å². The molecule has 2 saturated carbocycles. The Balaban J connectivity index is 1.23. The highest BCUT2D eigenvalue weighted by atomic mass is 35.5. The SMILES string of the molecule is CCOc1cc(NC(=O)C2(NC(=O)c3ccc4c(C5CCCC5)c(-c5ncc(Cl)cn5)n(C)c4c3)CCC2)ccc1/C=C/C(=O)NCCO. The van der Waals surface area contributed by atoms with Crippen LogP contribution in [0.15, 0.2) is 54.9 Å². The quantitative estimate of drug-likeness (QED) is 0.139. The van der Waals surface area contributed by atoms with Gasteiger partial charge in [-0.2, -0.15) is 0 Å². The average molecular weight is 685 g/mol. The molecule has 0 spiro atoms. The van der Waals surface area contributed by atoms with Gasteiger partial charge in [-0.1, -0.05) is 30.5 Å². The van der Waals surface area contributed by atoms with E-state index in [1.807, 2.05) is 32.2 Å². The normalized spacial score (nSPS) is 15.7. The van der Waals surface area contributed by atoms with Gasteiger partial charge in [-0.05, 0) is 80.9 Å². The number of halogens is 1. The van der Waals surface area contributed by atoms with E-state index in [0.717, 1.165) is 35.9 Å². The molecule has 0 bridgehead atoms. The van der Waals surface area contributed by atoms with Crippen molar-refractivity contribution in [2.75, 3.05) is 25.1 Å². The smallest absolute Gasteiger partial charge is 0.252 e. The molecule has 2 heterocycles. The lowest BCUT2D eigenvalue weighted by Crippen LogP contribution is -2.61. The van der Waals surface area contributed by atoms with E-state index >= 15 is 0 Å². The summed E-state index contributed by atoms with van der Waals surface area (Å²) in [4.78, 5) is 48.5. The summed E-state index contributed by atoms with van der Waals surface area (Å²) in [5, 5.41) is 19.1. The van der Waals surface area contributed by atoms with E-state index in [9.17, 15) is 14.4 Å². The highest BCUT2D eigenvalue weighted by molar-refractivity contribution is 6.30. The van der Waals surface area contributed by atoms with Crippen molar-refractivity contribution in [3.8, 4) is 17.3 Å². The van der Waals surface area contributed by atoms with Crippen LogP contribution in [0.4, 0.5) is 5.69 Å². The van der Waals surface area contributed by atoms with Gasteiger partial charge in [0.1, 0.15) is 11.3 Å². The Morgan fingerprint density at radius 2 is 1.84 bits per heavy atom. The first-order valence-corrected chi connectivity index (χ1v) is 17.2. The molecule has 12 heteroatoms. The number of benzene rings is 2. The van der Waals surface area contributed by atoms with E-state index in [-0.39, 0.29) is 30.9 Å². The maximum atomic E-state index is 13.8. The predicted octanol–water partition coefficient (Wildman–Crippen LogP) is 5.76. The second-order valence-corrected chi connectivity index (χ2v) is 13.1. The predicted molar refractivity (Wildman–Crippen MR) is 190 cm³/mol. The van der Waals surface area contributed by atoms with Crippen molar-refractivity contribution >= 4 is 52.0 Å². The van der Waals surface area contributed by atoms with E-state index < -0.39 is 5.54 Å². The van der Waals surface area contributed by atoms with Gasteiger partial charge in [0.25, 0.3) is 5.91 Å². The number of carbonyl (C=O) groups is 3. The molecule has 2 aliphatic rings. The standard InChI is InChI=1S/C37H41ClN6O5/c1-3-49-30-20-27(12-9-23(30)11-14-31(46)39-17-18-45)42-36(48)37(15-6-16-37)43-35(47)25-10-13-28-29(19-25)44(2)33(32(28)24-7-4-5-8-24)34-40-21-26(38)22-41-34/h9-14,19-22,24,45H,3-8,15-18H2,1-2H3,(H,39,46)(H,42,48)(H,43,47)/b14-11+. The number of carbonyl (C=O) groups excluding carboxylic acids is 3. The lowest BCUT2D eigenvalue weighted by atomic mass is 9.75. The van der Waals surface area contributed by atoms with E-state index in [1.54, 1.807) is 36.7 Å². The summed E-state index contributed by atoms with van der Waals surface area (Å²) >= 11 is 6.11. The molecule has 6 rings (SSSR count). The van der Waals surface area contributed by atoms with Gasteiger partial charge in [-0.25, -0.2) is 9.97 Å². The van der Waals surface area contributed by atoms with Crippen LogP contribution >= 0.6 is 11.6 Å². The van der Waals surface area contributed by atoms with Crippen LogP contribution in [-0.2, 0) is 16.6 Å². The van der Waals surface area contributed by atoms with Gasteiger partial charge < -0.3 is 30.4 Å². The number of hydrogen-bond donors (Lipinski definition) is 4. The molecule has 2 fully saturated rings. The summed E-state index contributed by atoms with van der Waals surface area (Å²) in [7, 11) is 1.97. The van der Waals surface area contributed by atoms with Gasteiger partial charge in [0, 0.05) is 65.8 Å². The summed E-state index contributed by atoms with van der Waals surface area (Å²) in [5.74, 6) is 0.513. The molecule has 0 radical (unpaired) electrons. The number of hydrogen-bond acceptors (Lipinski definition) is 7. The van der Waals surface area contributed by atoms with Gasteiger partial charge >= 0.3 is 0 Å². The Kier molecular flexibility index (Phi) is 10.3. The second-order valence-electron chi connectivity index (χ2n) is 12.6. The van der Waals surface area contributed by atoms with Crippen LogP contribution in [-0.4, -0.2) is 62.7 Å². The van der Waals surface area contributed by atoms with Crippen LogP contribution in [0.1, 0.15) is 79.3 Å². The number of anilines is 1. The molecule has 2 aromatic carbocycles. The molecule has 11 nitrogen and oxygen atoms in total. The van der Waals surface area contributed by atoms with E-state index in [4.69, 9.17) is 21.4 Å². The first-order valence-electron chi connectivity index (χ1n) is 16.8. The van der Waals surface area contributed by atoms with Crippen molar-refractivity contribution in [2.24, 2.45) is 7.05 Å². The topological polar surface area (TPSA) is 147 Å². The van der Waals surface area contributed by atoms with Crippen LogP contribution in [0, 0.1) is 0 Å². The number of nitrogens with one attached hydrogen (secondary N) is 3. The molecule has 256 valence electrons. The monoisotopic (exact) mass is 684 g/mol. The lowest BCUT2D eigenvalue weighted by Gasteiger charge is -2.40. The molecule has 0 unspecified atom stereocenters. The van der Waals surface area contributed by atoms with Gasteiger partial charge in [0.05, 0.1) is 23.9 Å². The first kappa shape index (κ1) is 34.1. The molecule has 0 saturated heterocycles. The number of fused-ring (bicyclic) bond motifs is 1. The third kappa shape index (κ3) is 7.18. The summed E-state index contributed by atoms with van der Waals surface area (Å²) in [6, 6.07) is 10.9. The summed E-state index contributed by atoms with van der Waals surface area (Å²) in [6.45, 7) is 2.25. The van der Waals surface area contributed by atoms with Gasteiger partial charge in [-0.3, -0.25) is 14.4 Å². The Bertz CT molecular complexity index is 1890. The number of aromatic nitrogens is 3. The molecule has 49 heavy (non-hydrogen) atoms. The van der Waals surface area contributed by atoms with Crippen LogP contribution in [0.2, 0.25) is 5.02 Å². The van der Waals surface area contributed by atoms with Crippen molar-refractivity contribution in [3.63, 3.8) is 0 Å². The van der Waals surface area contributed by atoms with Gasteiger partial charge in [0.2, 0.25) is 11.8 Å². The number of rotatable bonds is 12. The van der Waals surface area contributed by atoms with Crippen molar-refractivity contribution < 1.29 is 24.2 Å². The minimum atomic E-state index is -1.05. The number of aliphatic hydroxyl groups excluding tert-OH is 1. The molecular formula is C37H41ClN6O5. The zero-order valence-corrected chi connectivity index (χ0v) is 28.5. The zero-order valence-electron chi connectivity index (χ0n) is 27.7. The number of aryl methyl sites for hydroxylation is 1. The molecule has 0 atom stereocenters. The van der Waals surface area contributed by atoms with Crippen molar-refractivity contribution in [1.29, 1.82) is 0 Å². The maximum absolute atomic E-state index is 13.8. The van der Waals surface area contributed by atoms with Crippen LogP contribution in [0.5, 0.6) is 5.75 Å². The molecular weight excluding hydrogens is 644 g/mol. The molecule has 2 aliphatic carbocycles. The van der Waals surface area contributed by atoms with E-state index in [1.165, 1.54) is 24.5 Å². The minimum absolute atomic E-state index is 0.148. The zero-order chi connectivity index (χ0) is 34.5. The average Bonchev–Trinajstić information content (AvgIpc) is 3.71. The van der Waals surface area contributed by atoms with Crippen LogP contribution < -0.4 is 20.7 Å². The number of aliphatic hydroxyl groups is 1. The fourth-order valence-electron chi connectivity index (χ4n) is 6.85. The fraction of sp³-hybridized carbons (Fsp3) is 0.378. The number of nitrogens with zero attached hydrogens (tertiary/aromatic N) is 3. The molecule has 4 aromatic rings. The summed E-state index contributed by atoms with van der Waals surface area (Å²) in [5.41, 5.74) is 3.62. The third-order valence-corrected chi connectivity index (χ3v) is 9.68. The van der Waals surface area contributed by atoms with Crippen molar-refractivity contribution in [2.45, 2.75) is 63.3 Å². The number of amides is 3. The molecule has 2 aromatic heterocycles. The fourth-order valence-corrected chi connectivity index (χ4v) is 6.95. The lowest BCUT2D eigenvalue weighted by molar-refractivity contribution is -0.125. The minimum Gasteiger partial charge on any atom is -0.493 e. The Morgan fingerprint density at radius 3 is 2.51 bits per heavy atom. The number of ether oxygens (including phenoxy) is 1. The second kappa shape index (κ2) is 14.8. The van der Waals surface area contributed by atoms with Gasteiger partial charge in [-0.15, -0.1) is 0 Å². The first-order chi connectivity index (χ1) is 23.7. The highest BCUT2D eigenvalue weighted by Crippen LogP contribution is 2.44.